The van der Waals surface area contributed by atoms with Gasteiger partial charge in [-0.2, -0.15) is 0 Å². The van der Waals surface area contributed by atoms with Gasteiger partial charge in [0, 0.05) is 0 Å². The van der Waals surface area contributed by atoms with Gasteiger partial charge < -0.3 is 0 Å². The highest BCUT2D eigenvalue weighted by Crippen LogP contribution is 2.36. The van der Waals surface area contributed by atoms with E-state index in [1.54, 1.807) is 6.04 Å². The first kappa shape index (κ1) is 15.9. The fourth-order valence-electron chi connectivity index (χ4n) is 2.05. The zero-order valence-corrected chi connectivity index (χ0v) is 13.5. The minimum atomic E-state index is -0.694. The lowest BCUT2D eigenvalue weighted by Crippen LogP contribution is -2.33. The predicted octanol–water partition coefficient (Wildman–Crippen LogP) is 5.53. The molecule has 1 aliphatic rings. The highest BCUT2D eigenvalue weighted by Gasteiger charge is 2.30. The Labute approximate surface area is 112 Å². The largest absolute Gasteiger partial charge is 0.114 e. The lowest BCUT2D eigenvalue weighted by molar-refractivity contribution is 0.635. The Hall–Kier alpha value is -0.0831. The van der Waals surface area contributed by atoms with Crippen molar-refractivity contribution < 1.29 is 0 Å². The Morgan fingerprint density at radius 1 is 0.875 bits per heavy atom. The quantitative estimate of drug-likeness (QED) is 0.552. The molecule has 0 amide bonds. The van der Waals surface area contributed by atoms with Gasteiger partial charge in [-0.25, -0.2) is 0 Å². The second-order valence-electron chi connectivity index (χ2n) is 5.29. The standard InChI is InChI=1S/C8H18Si.C6H6.BrH/c1-8-6-4-5-7-9(8,2)3;1-2-4-6-5-3-1;/h8H,4-7H2,1-3H3;1-6H;1H. The molecule has 1 aromatic carbocycles. The first-order chi connectivity index (χ1) is 7.13. The summed E-state index contributed by atoms with van der Waals surface area (Å²) in [5.41, 5.74) is 1.09. The maximum Gasteiger partial charge on any atom is 0.0502 e. The van der Waals surface area contributed by atoms with E-state index in [1.807, 2.05) is 36.4 Å². The maximum absolute atomic E-state index is 2.54. The molecule has 1 fully saturated rings. The van der Waals surface area contributed by atoms with Gasteiger partial charge in [-0.15, -0.1) is 17.0 Å². The smallest absolute Gasteiger partial charge is 0.0502 e. The molecule has 0 aliphatic carbocycles. The minimum Gasteiger partial charge on any atom is -0.114 e. The summed E-state index contributed by atoms with van der Waals surface area (Å²) >= 11 is 0. The molecule has 0 saturated carbocycles. The summed E-state index contributed by atoms with van der Waals surface area (Å²) in [5, 5.41) is 0. The van der Waals surface area contributed by atoms with Crippen LogP contribution in [0.5, 0.6) is 0 Å². The Bertz CT molecular complexity index is 232. The SMILES string of the molecule is Br.CC1CCCC[Si]1(C)C.c1ccccc1. The molecule has 1 saturated heterocycles. The summed E-state index contributed by atoms with van der Waals surface area (Å²) in [7, 11) is -0.694. The summed E-state index contributed by atoms with van der Waals surface area (Å²) in [6.07, 6.45) is 4.53. The van der Waals surface area contributed by atoms with Gasteiger partial charge in [-0.3, -0.25) is 0 Å². The van der Waals surface area contributed by atoms with Gasteiger partial charge in [0.15, 0.2) is 0 Å². The van der Waals surface area contributed by atoms with Crippen LogP contribution in [-0.2, 0) is 0 Å². The normalized spacial score (nSPS) is 22.3. The summed E-state index contributed by atoms with van der Waals surface area (Å²) < 4.78 is 0. The topological polar surface area (TPSA) is 0 Å². The lowest BCUT2D eigenvalue weighted by atomic mass is 10.2. The van der Waals surface area contributed by atoms with Crippen molar-refractivity contribution in [2.24, 2.45) is 0 Å². The van der Waals surface area contributed by atoms with Crippen molar-refractivity contribution in [3.8, 4) is 0 Å². The molecule has 0 N–H and O–H groups in total. The zero-order chi connectivity index (χ0) is 11.1. The van der Waals surface area contributed by atoms with Gasteiger partial charge in [0.2, 0.25) is 0 Å². The van der Waals surface area contributed by atoms with Crippen LogP contribution in [0.15, 0.2) is 36.4 Å². The van der Waals surface area contributed by atoms with Gasteiger partial charge in [0.05, 0.1) is 8.07 Å². The van der Waals surface area contributed by atoms with E-state index in [2.05, 4.69) is 20.0 Å². The predicted molar refractivity (Wildman–Crippen MR) is 82.3 cm³/mol. The van der Waals surface area contributed by atoms with Gasteiger partial charge in [0.25, 0.3) is 0 Å². The van der Waals surface area contributed by atoms with E-state index in [4.69, 9.17) is 0 Å². The number of rotatable bonds is 0. The lowest BCUT2D eigenvalue weighted by Gasteiger charge is -2.34. The zero-order valence-electron chi connectivity index (χ0n) is 10.8. The fourth-order valence-corrected chi connectivity index (χ4v) is 4.69. The average molecular weight is 301 g/mol. The first-order valence-corrected chi connectivity index (χ1v) is 9.41. The number of hydrogen-bond donors (Lipinski definition) is 0. The summed E-state index contributed by atoms with van der Waals surface area (Å²) in [4.78, 5) is 0. The highest BCUT2D eigenvalue weighted by atomic mass is 79.9. The Kier molecular flexibility index (Phi) is 8.03. The van der Waals surface area contributed by atoms with E-state index in [9.17, 15) is 0 Å². The number of benzene rings is 1. The van der Waals surface area contributed by atoms with Crippen molar-refractivity contribution >= 4 is 25.1 Å². The minimum absolute atomic E-state index is 0. The van der Waals surface area contributed by atoms with Crippen molar-refractivity contribution in [2.45, 2.75) is 50.9 Å². The fraction of sp³-hybridized carbons (Fsp3) is 0.571. The number of halogens is 1. The monoisotopic (exact) mass is 300 g/mol. The average Bonchev–Trinajstić information content (AvgIpc) is 2.26. The molecule has 0 bridgehead atoms. The van der Waals surface area contributed by atoms with Crippen molar-refractivity contribution in [1.82, 2.24) is 0 Å². The molecule has 92 valence electrons. The second kappa shape index (κ2) is 8.07. The molecule has 0 nitrogen and oxygen atoms in total. The van der Waals surface area contributed by atoms with Crippen LogP contribution in [0.25, 0.3) is 0 Å². The van der Waals surface area contributed by atoms with Gasteiger partial charge in [-0.05, 0) is 5.54 Å². The van der Waals surface area contributed by atoms with E-state index in [0.29, 0.717) is 0 Å². The van der Waals surface area contributed by atoms with E-state index >= 15 is 0 Å². The molecule has 1 heterocycles. The molecule has 1 aliphatic heterocycles. The second-order valence-corrected chi connectivity index (χ2v) is 10.8. The third kappa shape index (κ3) is 5.85. The first-order valence-electron chi connectivity index (χ1n) is 6.13. The molecule has 0 spiro atoms. The Balaban J connectivity index is 0.000000283. The number of hydrogen-bond acceptors (Lipinski definition) is 0. The van der Waals surface area contributed by atoms with Crippen molar-refractivity contribution in [2.75, 3.05) is 0 Å². The molecular weight excluding hydrogens is 276 g/mol. The molecular formula is C14H25BrSi. The molecule has 0 aromatic heterocycles. The Morgan fingerprint density at radius 3 is 1.56 bits per heavy atom. The highest BCUT2D eigenvalue weighted by molar-refractivity contribution is 8.93. The molecule has 1 aromatic rings. The van der Waals surface area contributed by atoms with Crippen molar-refractivity contribution in [1.29, 1.82) is 0 Å². The van der Waals surface area contributed by atoms with Crippen LogP contribution in [0, 0.1) is 0 Å². The van der Waals surface area contributed by atoms with E-state index in [0.717, 1.165) is 5.54 Å². The van der Waals surface area contributed by atoms with Crippen LogP contribution in [0.1, 0.15) is 26.2 Å². The molecule has 1 unspecified atom stereocenters. The van der Waals surface area contributed by atoms with Gasteiger partial charge in [-0.1, -0.05) is 81.7 Å². The molecule has 2 heteroatoms. The van der Waals surface area contributed by atoms with Crippen LogP contribution in [0.3, 0.4) is 0 Å². The molecule has 1 atom stereocenters. The van der Waals surface area contributed by atoms with Crippen molar-refractivity contribution in [3.05, 3.63) is 36.4 Å². The van der Waals surface area contributed by atoms with Crippen LogP contribution >= 0.6 is 17.0 Å². The van der Waals surface area contributed by atoms with Crippen LogP contribution in [-0.4, -0.2) is 8.07 Å². The summed E-state index contributed by atoms with van der Waals surface area (Å²) in [6.45, 7) is 7.53. The third-order valence-corrected chi connectivity index (χ3v) is 8.31. The van der Waals surface area contributed by atoms with E-state index in [-0.39, 0.29) is 17.0 Å². The summed E-state index contributed by atoms with van der Waals surface area (Å²) in [5.74, 6) is 0. The van der Waals surface area contributed by atoms with E-state index in [1.165, 1.54) is 19.3 Å². The van der Waals surface area contributed by atoms with Crippen LogP contribution < -0.4 is 0 Å². The molecule has 0 radical (unpaired) electrons. The molecule has 16 heavy (non-hydrogen) atoms. The summed E-state index contributed by atoms with van der Waals surface area (Å²) in [6, 6.07) is 13.6. The van der Waals surface area contributed by atoms with Crippen LogP contribution in [0.4, 0.5) is 0 Å². The Morgan fingerprint density at radius 2 is 1.31 bits per heavy atom. The van der Waals surface area contributed by atoms with Crippen molar-refractivity contribution in [3.63, 3.8) is 0 Å². The maximum atomic E-state index is 2.54. The van der Waals surface area contributed by atoms with E-state index < -0.39 is 8.07 Å². The van der Waals surface area contributed by atoms with Gasteiger partial charge in [0.1, 0.15) is 0 Å². The van der Waals surface area contributed by atoms with Gasteiger partial charge >= 0.3 is 0 Å². The third-order valence-electron chi connectivity index (χ3n) is 3.71. The molecule has 2 rings (SSSR count). The van der Waals surface area contributed by atoms with Crippen LogP contribution in [0.2, 0.25) is 24.7 Å².